The first-order valence-corrected chi connectivity index (χ1v) is 7.94. The lowest BCUT2D eigenvalue weighted by atomic mass is 9.85. The van der Waals surface area contributed by atoms with Crippen LogP contribution in [0.2, 0.25) is 0 Å². The number of carbonyl (C=O) groups excluding carboxylic acids is 1. The Kier molecular flexibility index (Phi) is 3.77. The van der Waals surface area contributed by atoms with Crippen LogP contribution in [-0.2, 0) is 4.79 Å². The second-order valence-corrected chi connectivity index (χ2v) is 6.62. The molecule has 1 aromatic carbocycles. The number of fused-ring (bicyclic) bond motifs is 1. The van der Waals surface area contributed by atoms with E-state index in [0.717, 1.165) is 11.4 Å². The summed E-state index contributed by atoms with van der Waals surface area (Å²) < 4.78 is 1.89. The molecule has 1 aliphatic heterocycles. The summed E-state index contributed by atoms with van der Waals surface area (Å²) in [6.07, 6.45) is 2.39. The van der Waals surface area contributed by atoms with E-state index in [1.54, 1.807) is 0 Å². The average molecular weight is 297 g/mol. The third kappa shape index (κ3) is 2.54. The largest absolute Gasteiger partial charge is 0.311 e. The number of rotatable bonds is 3. The van der Waals surface area contributed by atoms with Crippen molar-refractivity contribution in [3.63, 3.8) is 0 Å². The quantitative estimate of drug-likeness (QED) is 0.928. The molecule has 1 aliphatic rings. The number of anilines is 1. The minimum Gasteiger partial charge on any atom is -0.311 e. The van der Waals surface area contributed by atoms with Crippen molar-refractivity contribution in [2.45, 2.75) is 52.0 Å². The molecule has 4 heteroatoms. The van der Waals surface area contributed by atoms with Crippen molar-refractivity contribution in [3.05, 3.63) is 47.2 Å². The molecule has 0 spiro atoms. The van der Waals surface area contributed by atoms with E-state index < -0.39 is 0 Å². The van der Waals surface area contributed by atoms with Crippen LogP contribution in [0.25, 0.3) is 0 Å². The van der Waals surface area contributed by atoms with E-state index in [-0.39, 0.29) is 17.9 Å². The highest BCUT2D eigenvalue weighted by Gasteiger charge is 2.30. The lowest BCUT2D eigenvalue weighted by Crippen LogP contribution is -2.25. The third-order valence-electron chi connectivity index (χ3n) is 4.32. The van der Waals surface area contributed by atoms with Gasteiger partial charge in [-0.1, -0.05) is 38.1 Å². The van der Waals surface area contributed by atoms with Crippen molar-refractivity contribution in [3.8, 4) is 0 Å². The van der Waals surface area contributed by atoms with Crippen molar-refractivity contribution >= 4 is 11.7 Å². The first-order valence-electron chi connectivity index (χ1n) is 7.94. The maximum Gasteiger partial charge on any atom is 0.226 e. The van der Waals surface area contributed by atoms with Crippen LogP contribution in [0, 0.1) is 0 Å². The zero-order valence-corrected chi connectivity index (χ0v) is 13.6. The molecule has 0 saturated heterocycles. The molecule has 2 heterocycles. The zero-order chi connectivity index (χ0) is 15.9. The Bertz CT molecular complexity index is 700. The van der Waals surface area contributed by atoms with Gasteiger partial charge in [-0.2, -0.15) is 5.10 Å². The van der Waals surface area contributed by atoms with E-state index in [1.807, 2.05) is 10.9 Å². The fourth-order valence-electron chi connectivity index (χ4n) is 3.06. The van der Waals surface area contributed by atoms with Gasteiger partial charge in [-0.15, -0.1) is 0 Å². The lowest BCUT2D eigenvalue weighted by Gasteiger charge is -2.25. The van der Waals surface area contributed by atoms with Crippen molar-refractivity contribution in [1.82, 2.24) is 9.78 Å². The van der Waals surface area contributed by atoms with Crippen LogP contribution < -0.4 is 5.32 Å². The number of hydrogen-bond donors (Lipinski definition) is 1. The predicted molar refractivity (Wildman–Crippen MR) is 88.2 cm³/mol. The molecular formula is C18H23N3O. The molecule has 0 aliphatic carbocycles. The van der Waals surface area contributed by atoms with Crippen molar-refractivity contribution in [2.75, 3.05) is 5.32 Å². The molecule has 2 aromatic rings. The van der Waals surface area contributed by atoms with E-state index in [0.29, 0.717) is 12.3 Å². The molecule has 0 bridgehead atoms. The molecule has 1 amide bonds. The van der Waals surface area contributed by atoms with Gasteiger partial charge in [0.25, 0.3) is 0 Å². The van der Waals surface area contributed by atoms with Gasteiger partial charge in [0.15, 0.2) is 0 Å². The number of benzene rings is 1. The van der Waals surface area contributed by atoms with Crippen molar-refractivity contribution in [1.29, 1.82) is 0 Å². The molecule has 0 saturated carbocycles. The number of nitrogens with zero attached hydrogens (tertiary/aromatic N) is 2. The van der Waals surface area contributed by atoms with Crippen LogP contribution in [0.4, 0.5) is 5.82 Å². The highest BCUT2D eigenvalue weighted by Crippen LogP contribution is 2.38. The maximum absolute atomic E-state index is 12.1. The van der Waals surface area contributed by atoms with Crippen LogP contribution in [0.1, 0.15) is 68.7 Å². The van der Waals surface area contributed by atoms with Gasteiger partial charge < -0.3 is 5.32 Å². The minimum absolute atomic E-state index is 0.0647. The van der Waals surface area contributed by atoms with Crippen LogP contribution in [-0.4, -0.2) is 15.7 Å². The molecule has 22 heavy (non-hydrogen) atoms. The standard InChI is InChI=1S/C18H23N3O/c1-11(2)13-6-5-7-14(8-13)15-9-17(22)20-18-16(15)10-19-21(18)12(3)4/h5-8,10-12,15H,9H2,1-4H3,(H,20,22). The van der Waals surface area contributed by atoms with Gasteiger partial charge in [-0.25, -0.2) is 4.68 Å². The average Bonchev–Trinajstić information content (AvgIpc) is 2.90. The van der Waals surface area contributed by atoms with Crippen molar-refractivity contribution < 1.29 is 4.79 Å². The lowest BCUT2D eigenvalue weighted by molar-refractivity contribution is -0.116. The maximum atomic E-state index is 12.1. The van der Waals surface area contributed by atoms with Gasteiger partial charge in [-0.3, -0.25) is 4.79 Å². The van der Waals surface area contributed by atoms with Crippen LogP contribution in [0.5, 0.6) is 0 Å². The smallest absolute Gasteiger partial charge is 0.226 e. The Balaban J connectivity index is 2.06. The summed E-state index contributed by atoms with van der Waals surface area (Å²) >= 11 is 0. The van der Waals surface area contributed by atoms with Gasteiger partial charge in [0.05, 0.1) is 6.20 Å². The minimum atomic E-state index is 0.0647. The molecule has 1 unspecified atom stereocenters. The molecule has 1 aromatic heterocycles. The summed E-state index contributed by atoms with van der Waals surface area (Å²) in [5.41, 5.74) is 3.63. The fourth-order valence-corrected chi connectivity index (χ4v) is 3.06. The molecule has 3 rings (SSSR count). The van der Waals surface area contributed by atoms with Gasteiger partial charge >= 0.3 is 0 Å². The number of hydrogen-bond acceptors (Lipinski definition) is 2. The van der Waals surface area contributed by atoms with E-state index in [4.69, 9.17) is 0 Å². The molecule has 1 atom stereocenters. The van der Waals surface area contributed by atoms with Gasteiger partial charge in [0, 0.05) is 23.9 Å². The summed E-state index contributed by atoms with van der Waals surface area (Å²) in [4.78, 5) is 12.1. The van der Waals surface area contributed by atoms with Gasteiger partial charge in [0.1, 0.15) is 5.82 Å². The third-order valence-corrected chi connectivity index (χ3v) is 4.32. The Morgan fingerprint density at radius 2 is 2.05 bits per heavy atom. The number of carbonyl (C=O) groups is 1. The van der Waals surface area contributed by atoms with E-state index >= 15 is 0 Å². The summed E-state index contributed by atoms with van der Waals surface area (Å²) in [6.45, 7) is 8.52. The molecule has 1 N–H and O–H groups in total. The number of nitrogens with one attached hydrogen (secondary N) is 1. The van der Waals surface area contributed by atoms with E-state index in [9.17, 15) is 4.79 Å². The molecule has 116 valence electrons. The second-order valence-electron chi connectivity index (χ2n) is 6.62. The predicted octanol–water partition coefficient (Wildman–Crippen LogP) is 4.06. The Hall–Kier alpha value is -2.10. The van der Waals surface area contributed by atoms with E-state index in [1.165, 1.54) is 11.1 Å². The summed E-state index contributed by atoms with van der Waals surface area (Å²) in [6, 6.07) is 8.81. The molecule has 0 fully saturated rings. The van der Waals surface area contributed by atoms with E-state index in [2.05, 4.69) is 62.4 Å². The Morgan fingerprint density at radius 3 is 2.73 bits per heavy atom. The van der Waals surface area contributed by atoms with Crippen LogP contribution in [0.15, 0.2) is 30.5 Å². The SMILES string of the molecule is CC(C)c1cccc(C2CC(=O)Nc3c2cnn3C(C)C)c1. The number of amides is 1. The molecular weight excluding hydrogens is 274 g/mol. The normalized spacial score (nSPS) is 17.7. The Labute approximate surface area is 131 Å². The first kappa shape index (κ1) is 14.8. The first-order chi connectivity index (χ1) is 10.5. The highest BCUT2D eigenvalue weighted by atomic mass is 16.1. The van der Waals surface area contributed by atoms with Crippen LogP contribution in [0.3, 0.4) is 0 Å². The second kappa shape index (κ2) is 5.59. The summed E-state index contributed by atoms with van der Waals surface area (Å²) in [5, 5.41) is 7.46. The van der Waals surface area contributed by atoms with Crippen molar-refractivity contribution in [2.24, 2.45) is 0 Å². The fraction of sp³-hybridized carbons (Fsp3) is 0.444. The monoisotopic (exact) mass is 297 g/mol. The summed E-state index contributed by atoms with van der Waals surface area (Å²) in [7, 11) is 0. The summed E-state index contributed by atoms with van der Waals surface area (Å²) in [5.74, 6) is 1.49. The van der Waals surface area contributed by atoms with Crippen LogP contribution >= 0.6 is 0 Å². The van der Waals surface area contributed by atoms with Gasteiger partial charge in [-0.05, 0) is 30.9 Å². The highest BCUT2D eigenvalue weighted by molar-refractivity contribution is 5.94. The Morgan fingerprint density at radius 1 is 1.27 bits per heavy atom. The molecule has 0 radical (unpaired) electrons. The topological polar surface area (TPSA) is 46.9 Å². The van der Waals surface area contributed by atoms with Gasteiger partial charge in [0.2, 0.25) is 5.91 Å². The molecule has 4 nitrogen and oxygen atoms in total. The zero-order valence-electron chi connectivity index (χ0n) is 13.6. The number of aromatic nitrogens is 2.